The second kappa shape index (κ2) is 11.4. The van der Waals surface area contributed by atoms with Gasteiger partial charge in [0.2, 0.25) is 0 Å². The van der Waals surface area contributed by atoms with Gasteiger partial charge >= 0.3 is 0 Å². The quantitative estimate of drug-likeness (QED) is 0.501. The van der Waals surface area contributed by atoms with E-state index in [0.717, 1.165) is 91.3 Å². The Labute approximate surface area is 228 Å². The van der Waals surface area contributed by atoms with Crippen LogP contribution in [0, 0.1) is 0 Å². The number of pyridine rings is 2. The zero-order chi connectivity index (χ0) is 24.5. The fraction of sp³-hybridized carbons (Fsp3) is 0.538. The third kappa shape index (κ3) is 5.63. The van der Waals surface area contributed by atoms with Gasteiger partial charge in [0.15, 0.2) is 16.6 Å². The minimum absolute atomic E-state index is 0. The lowest BCUT2D eigenvalue weighted by Crippen LogP contribution is -2.31. The Kier molecular flexibility index (Phi) is 8.01. The van der Waals surface area contributed by atoms with Crippen molar-refractivity contribution >= 4 is 63.5 Å². The standard InChI is InChI=1S/C26H34N8OS.H2S/c27-18-10-15-34(17-18)22-9-7-8-19(28-22)25(35)29-20-16-21-23(30-24(20)32-11-3-1-4-12-32)31-26(36-21)33-13-5-2-6-14-33;/h7-9,16,18H,1-6,10-15,17,27H2,(H,29,35);1H2/t18-;/m0./s1. The van der Waals surface area contributed by atoms with Gasteiger partial charge in [0, 0.05) is 45.3 Å². The molecule has 1 atom stereocenters. The van der Waals surface area contributed by atoms with Crippen molar-refractivity contribution in [3.8, 4) is 0 Å². The summed E-state index contributed by atoms with van der Waals surface area (Å²) in [5.74, 6) is 1.39. The van der Waals surface area contributed by atoms with Gasteiger partial charge in [-0.3, -0.25) is 4.79 Å². The van der Waals surface area contributed by atoms with E-state index in [1.165, 1.54) is 25.7 Å². The number of rotatable bonds is 5. The first kappa shape index (κ1) is 26.0. The van der Waals surface area contributed by atoms with Crippen molar-refractivity contribution in [3.05, 3.63) is 30.0 Å². The predicted molar refractivity (Wildman–Crippen MR) is 157 cm³/mol. The molecule has 3 aliphatic rings. The van der Waals surface area contributed by atoms with Gasteiger partial charge in [0.1, 0.15) is 11.5 Å². The van der Waals surface area contributed by atoms with Gasteiger partial charge in [0.05, 0.1) is 10.4 Å². The Balaban J connectivity index is 0.00000280. The fourth-order valence-electron chi connectivity index (χ4n) is 5.41. The number of nitrogens with two attached hydrogens (primary N) is 1. The molecule has 1 amide bonds. The van der Waals surface area contributed by atoms with Crippen LogP contribution < -0.4 is 25.8 Å². The first-order valence-electron chi connectivity index (χ1n) is 13.2. The van der Waals surface area contributed by atoms with E-state index in [-0.39, 0.29) is 25.4 Å². The van der Waals surface area contributed by atoms with Crippen molar-refractivity contribution in [2.24, 2.45) is 5.73 Å². The minimum atomic E-state index is -0.222. The molecule has 6 heterocycles. The number of amides is 1. The van der Waals surface area contributed by atoms with Crippen molar-refractivity contribution in [3.63, 3.8) is 0 Å². The molecule has 3 saturated heterocycles. The summed E-state index contributed by atoms with van der Waals surface area (Å²) in [6.45, 7) is 5.60. The summed E-state index contributed by atoms with van der Waals surface area (Å²) in [6, 6.07) is 7.81. The third-order valence-electron chi connectivity index (χ3n) is 7.40. The molecule has 0 aromatic carbocycles. The van der Waals surface area contributed by atoms with Crippen LogP contribution in [0.4, 0.5) is 22.5 Å². The van der Waals surface area contributed by atoms with Gasteiger partial charge in [-0.15, -0.1) is 0 Å². The first-order valence-corrected chi connectivity index (χ1v) is 14.1. The molecule has 37 heavy (non-hydrogen) atoms. The summed E-state index contributed by atoms with van der Waals surface area (Å²) >= 11 is 1.66. The van der Waals surface area contributed by atoms with Gasteiger partial charge in [-0.25, -0.2) is 9.97 Å². The van der Waals surface area contributed by atoms with E-state index in [1.54, 1.807) is 17.4 Å². The predicted octanol–water partition coefficient (Wildman–Crippen LogP) is 3.97. The maximum absolute atomic E-state index is 13.4. The topological polar surface area (TPSA) is 104 Å². The summed E-state index contributed by atoms with van der Waals surface area (Å²) in [5.41, 5.74) is 7.98. The maximum Gasteiger partial charge on any atom is 0.274 e. The van der Waals surface area contributed by atoms with Crippen molar-refractivity contribution in [2.75, 3.05) is 59.3 Å². The Bertz CT molecular complexity index is 1240. The highest BCUT2D eigenvalue weighted by Gasteiger charge is 2.24. The molecule has 3 aromatic rings. The summed E-state index contributed by atoms with van der Waals surface area (Å²) in [4.78, 5) is 34.7. The SMILES string of the molecule is N[C@H]1CCN(c2cccc(C(=O)Nc3cc4sc(N5CCCCC5)nc4nc3N3CCCCC3)n2)C1.S. The van der Waals surface area contributed by atoms with Gasteiger partial charge in [0.25, 0.3) is 5.91 Å². The number of hydrogen-bond acceptors (Lipinski definition) is 9. The zero-order valence-electron chi connectivity index (χ0n) is 21.2. The molecule has 3 N–H and O–H groups in total. The molecule has 0 aliphatic carbocycles. The number of carbonyl (C=O) groups excluding carboxylic acids is 1. The van der Waals surface area contributed by atoms with Crippen LogP contribution in [0.15, 0.2) is 24.3 Å². The highest BCUT2D eigenvalue weighted by atomic mass is 32.1. The lowest BCUT2D eigenvalue weighted by molar-refractivity contribution is 0.102. The van der Waals surface area contributed by atoms with Crippen LogP contribution in [0.1, 0.15) is 55.4 Å². The zero-order valence-corrected chi connectivity index (χ0v) is 23.0. The fourth-order valence-corrected chi connectivity index (χ4v) is 6.41. The van der Waals surface area contributed by atoms with Crippen LogP contribution in [0.5, 0.6) is 0 Å². The first-order chi connectivity index (χ1) is 17.6. The van der Waals surface area contributed by atoms with E-state index in [2.05, 4.69) is 31.1 Å². The Hall–Kier alpha value is -2.63. The van der Waals surface area contributed by atoms with Crippen LogP contribution in [0.3, 0.4) is 0 Å². The number of thiazole rings is 1. The molecule has 0 bridgehead atoms. The number of hydrogen-bond donors (Lipinski definition) is 2. The number of aromatic nitrogens is 3. The second-order valence-electron chi connectivity index (χ2n) is 10.1. The molecule has 3 fully saturated rings. The van der Waals surface area contributed by atoms with E-state index in [1.807, 2.05) is 12.1 Å². The average Bonchev–Trinajstić information content (AvgIpc) is 3.55. The maximum atomic E-state index is 13.4. The smallest absolute Gasteiger partial charge is 0.274 e. The molecule has 6 rings (SSSR count). The second-order valence-corrected chi connectivity index (χ2v) is 11.1. The van der Waals surface area contributed by atoms with Gasteiger partial charge < -0.3 is 25.8 Å². The summed E-state index contributed by atoms with van der Waals surface area (Å²) < 4.78 is 0.999. The van der Waals surface area contributed by atoms with E-state index < -0.39 is 0 Å². The van der Waals surface area contributed by atoms with Crippen molar-refractivity contribution in [1.82, 2.24) is 15.0 Å². The van der Waals surface area contributed by atoms with Gasteiger partial charge in [-0.1, -0.05) is 17.4 Å². The Morgan fingerprint density at radius 3 is 2.35 bits per heavy atom. The number of carbonyl (C=O) groups is 1. The van der Waals surface area contributed by atoms with Crippen LogP contribution in [0.2, 0.25) is 0 Å². The number of piperidine rings is 2. The number of nitrogens with one attached hydrogen (secondary N) is 1. The van der Waals surface area contributed by atoms with Crippen LogP contribution >= 0.6 is 24.8 Å². The molecule has 3 aromatic heterocycles. The lowest BCUT2D eigenvalue weighted by Gasteiger charge is -2.29. The van der Waals surface area contributed by atoms with Crippen LogP contribution in [-0.4, -0.2) is 66.2 Å². The van der Waals surface area contributed by atoms with Crippen molar-refractivity contribution in [1.29, 1.82) is 0 Å². The summed E-state index contributed by atoms with van der Waals surface area (Å²) in [7, 11) is 0. The summed E-state index contributed by atoms with van der Waals surface area (Å²) in [6.07, 6.45) is 8.13. The number of fused-ring (bicyclic) bond motifs is 1. The molecule has 3 aliphatic heterocycles. The highest BCUT2D eigenvalue weighted by Crippen LogP contribution is 2.36. The van der Waals surface area contributed by atoms with E-state index in [0.29, 0.717) is 5.69 Å². The molecule has 0 radical (unpaired) electrons. The average molecular weight is 541 g/mol. The number of anilines is 4. The number of nitrogens with zero attached hydrogens (tertiary/aromatic N) is 6. The third-order valence-corrected chi connectivity index (χ3v) is 8.45. The van der Waals surface area contributed by atoms with E-state index in [4.69, 9.17) is 15.7 Å². The van der Waals surface area contributed by atoms with Crippen LogP contribution in [-0.2, 0) is 0 Å². The Morgan fingerprint density at radius 2 is 1.65 bits per heavy atom. The normalized spacial score (nSPS) is 20.2. The highest BCUT2D eigenvalue weighted by molar-refractivity contribution is 7.59. The van der Waals surface area contributed by atoms with Gasteiger partial charge in [-0.05, 0) is 63.1 Å². The molecule has 0 unspecified atom stereocenters. The van der Waals surface area contributed by atoms with Crippen molar-refractivity contribution < 1.29 is 4.79 Å². The largest absolute Gasteiger partial charge is 0.355 e. The summed E-state index contributed by atoms with van der Waals surface area (Å²) in [5, 5.41) is 4.18. The van der Waals surface area contributed by atoms with Gasteiger partial charge in [-0.2, -0.15) is 18.5 Å². The molecule has 198 valence electrons. The Morgan fingerprint density at radius 1 is 0.919 bits per heavy atom. The van der Waals surface area contributed by atoms with E-state index >= 15 is 0 Å². The molecular weight excluding hydrogens is 504 g/mol. The minimum Gasteiger partial charge on any atom is -0.355 e. The molecule has 0 spiro atoms. The van der Waals surface area contributed by atoms with Crippen molar-refractivity contribution in [2.45, 2.75) is 51.0 Å². The molecule has 0 saturated carbocycles. The molecular formula is C26H36N8OS2. The molecule has 11 heteroatoms. The molecule has 9 nitrogen and oxygen atoms in total. The lowest BCUT2D eigenvalue weighted by atomic mass is 10.1. The van der Waals surface area contributed by atoms with E-state index in [9.17, 15) is 4.79 Å². The van der Waals surface area contributed by atoms with Crippen LogP contribution in [0.25, 0.3) is 10.3 Å². The monoisotopic (exact) mass is 540 g/mol.